The van der Waals surface area contributed by atoms with Crippen molar-refractivity contribution in [1.29, 1.82) is 0 Å². The summed E-state index contributed by atoms with van der Waals surface area (Å²) in [6, 6.07) is 5.55. The number of amides is 3. The average molecular weight is 436 g/mol. The van der Waals surface area contributed by atoms with Crippen LogP contribution in [-0.2, 0) is 28.7 Å². The van der Waals surface area contributed by atoms with Gasteiger partial charge in [-0.3, -0.25) is 24.5 Å². The first-order chi connectivity index (χ1) is 14.3. The Morgan fingerprint density at radius 2 is 1.97 bits per heavy atom. The number of carbonyl (C=O) groups is 5. The van der Waals surface area contributed by atoms with Crippen LogP contribution in [0.2, 0.25) is 0 Å². The SMILES string of the molecule is COC(=O)CC[C@@H](NC(=O)COc1cccc(/C=C2\SC(=O)NC2=O)c1)C(=O)OC. The van der Waals surface area contributed by atoms with Crippen LogP contribution < -0.4 is 15.4 Å². The molecule has 0 radical (unpaired) electrons. The van der Waals surface area contributed by atoms with Gasteiger partial charge >= 0.3 is 11.9 Å². The molecule has 0 spiro atoms. The third kappa shape index (κ3) is 6.92. The number of hydrogen-bond donors (Lipinski definition) is 2. The van der Waals surface area contributed by atoms with Crippen molar-refractivity contribution < 1.29 is 38.2 Å². The summed E-state index contributed by atoms with van der Waals surface area (Å²) in [5.41, 5.74) is 0.603. The number of imide groups is 1. The number of hydrogen-bond acceptors (Lipinski definition) is 9. The summed E-state index contributed by atoms with van der Waals surface area (Å²) in [5, 5.41) is 4.17. The van der Waals surface area contributed by atoms with Gasteiger partial charge in [-0.2, -0.15) is 0 Å². The van der Waals surface area contributed by atoms with Gasteiger partial charge in [0.05, 0.1) is 19.1 Å². The largest absolute Gasteiger partial charge is 0.484 e. The minimum atomic E-state index is -1.02. The zero-order valence-electron chi connectivity index (χ0n) is 16.3. The lowest BCUT2D eigenvalue weighted by atomic mass is 10.1. The van der Waals surface area contributed by atoms with E-state index in [1.54, 1.807) is 24.3 Å². The summed E-state index contributed by atoms with van der Waals surface area (Å²) >= 11 is 0.792. The van der Waals surface area contributed by atoms with Crippen molar-refractivity contribution in [2.45, 2.75) is 18.9 Å². The molecule has 1 aliphatic rings. The van der Waals surface area contributed by atoms with E-state index in [0.29, 0.717) is 11.3 Å². The lowest BCUT2D eigenvalue weighted by Crippen LogP contribution is -2.43. The third-order valence-corrected chi connectivity index (χ3v) is 4.66. The van der Waals surface area contributed by atoms with E-state index in [-0.39, 0.29) is 24.4 Å². The Morgan fingerprint density at radius 3 is 2.60 bits per heavy atom. The molecule has 1 aromatic rings. The third-order valence-electron chi connectivity index (χ3n) is 3.85. The molecule has 0 aromatic heterocycles. The van der Waals surface area contributed by atoms with Crippen molar-refractivity contribution >= 4 is 46.8 Å². The van der Waals surface area contributed by atoms with Gasteiger partial charge in [-0.25, -0.2) is 4.79 Å². The van der Waals surface area contributed by atoms with Gasteiger partial charge < -0.3 is 19.5 Å². The molecule has 0 aliphatic carbocycles. The summed E-state index contributed by atoms with van der Waals surface area (Å²) in [4.78, 5) is 58.3. The summed E-state index contributed by atoms with van der Waals surface area (Å²) < 4.78 is 14.6. The van der Waals surface area contributed by atoms with E-state index in [1.807, 2.05) is 0 Å². The molecule has 0 unspecified atom stereocenters. The maximum absolute atomic E-state index is 12.1. The summed E-state index contributed by atoms with van der Waals surface area (Å²) in [5.74, 6) is -1.93. The number of ether oxygens (including phenoxy) is 3. The highest BCUT2D eigenvalue weighted by Gasteiger charge is 2.25. The zero-order chi connectivity index (χ0) is 22.1. The highest BCUT2D eigenvalue weighted by Crippen LogP contribution is 2.26. The summed E-state index contributed by atoms with van der Waals surface area (Å²) in [6.45, 7) is -0.389. The highest BCUT2D eigenvalue weighted by molar-refractivity contribution is 8.18. The fourth-order valence-corrected chi connectivity index (χ4v) is 3.09. The van der Waals surface area contributed by atoms with Crippen LogP contribution in [-0.4, -0.2) is 55.9 Å². The van der Waals surface area contributed by atoms with Crippen LogP contribution in [0.15, 0.2) is 29.2 Å². The molecule has 2 rings (SSSR count). The number of thioether (sulfide) groups is 1. The van der Waals surface area contributed by atoms with Crippen LogP contribution in [0.25, 0.3) is 6.08 Å². The van der Waals surface area contributed by atoms with E-state index in [1.165, 1.54) is 20.3 Å². The monoisotopic (exact) mass is 436 g/mol. The predicted molar refractivity (Wildman–Crippen MR) is 106 cm³/mol. The predicted octanol–water partition coefficient (Wildman–Crippen LogP) is 1.00. The molecule has 2 N–H and O–H groups in total. The van der Waals surface area contributed by atoms with Crippen LogP contribution in [0.3, 0.4) is 0 Å². The van der Waals surface area contributed by atoms with Gasteiger partial charge in [-0.1, -0.05) is 12.1 Å². The molecule has 160 valence electrons. The normalized spacial score (nSPS) is 15.3. The molecule has 0 saturated carbocycles. The lowest BCUT2D eigenvalue weighted by Gasteiger charge is -2.16. The first kappa shape index (κ1) is 22.9. The molecule has 1 fully saturated rings. The van der Waals surface area contributed by atoms with Crippen molar-refractivity contribution in [3.63, 3.8) is 0 Å². The standard InChI is InChI=1S/C19H20N2O8S/c1-27-16(23)7-6-13(18(25)28-2)20-15(22)10-29-12-5-3-4-11(8-12)9-14-17(24)21-19(26)30-14/h3-5,8-9,13H,6-7,10H2,1-2H3,(H,20,22)(H,21,24,26)/b14-9-/t13-/m1/s1. The molecular formula is C19H20N2O8S. The molecule has 1 aliphatic heterocycles. The van der Waals surface area contributed by atoms with E-state index in [0.717, 1.165) is 11.8 Å². The Kier molecular flexibility index (Phi) is 8.41. The van der Waals surface area contributed by atoms with E-state index >= 15 is 0 Å². The first-order valence-electron chi connectivity index (χ1n) is 8.74. The van der Waals surface area contributed by atoms with Crippen molar-refractivity contribution in [3.05, 3.63) is 34.7 Å². The topological polar surface area (TPSA) is 137 Å². The van der Waals surface area contributed by atoms with Gasteiger partial charge in [-0.05, 0) is 42.0 Å². The maximum Gasteiger partial charge on any atom is 0.328 e. The van der Waals surface area contributed by atoms with Crippen LogP contribution in [0.4, 0.5) is 4.79 Å². The Morgan fingerprint density at radius 1 is 1.20 bits per heavy atom. The second-order valence-corrected chi connectivity index (χ2v) is 6.99. The number of carbonyl (C=O) groups excluding carboxylic acids is 5. The molecule has 10 nitrogen and oxygen atoms in total. The van der Waals surface area contributed by atoms with Gasteiger partial charge in [-0.15, -0.1) is 0 Å². The molecule has 30 heavy (non-hydrogen) atoms. The number of nitrogens with one attached hydrogen (secondary N) is 2. The minimum Gasteiger partial charge on any atom is -0.484 e. The Labute approximate surface area is 176 Å². The second kappa shape index (κ2) is 11.0. The van der Waals surface area contributed by atoms with E-state index in [4.69, 9.17) is 4.74 Å². The molecule has 1 aromatic carbocycles. The number of rotatable bonds is 9. The summed E-state index contributed by atoms with van der Waals surface area (Å²) in [7, 11) is 2.40. The Balaban J connectivity index is 1.94. The quantitative estimate of drug-likeness (QED) is 0.429. The van der Waals surface area contributed by atoms with Crippen LogP contribution in [0, 0.1) is 0 Å². The molecule has 11 heteroatoms. The fraction of sp³-hybridized carbons (Fsp3) is 0.316. The van der Waals surface area contributed by atoms with Crippen molar-refractivity contribution in [1.82, 2.24) is 10.6 Å². The van der Waals surface area contributed by atoms with Crippen molar-refractivity contribution in [3.8, 4) is 5.75 Å². The highest BCUT2D eigenvalue weighted by atomic mass is 32.2. The minimum absolute atomic E-state index is 0.0204. The van der Waals surface area contributed by atoms with Crippen molar-refractivity contribution in [2.75, 3.05) is 20.8 Å². The molecule has 1 heterocycles. The van der Waals surface area contributed by atoms with E-state index in [2.05, 4.69) is 20.1 Å². The van der Waals surface area contributed by atoms with Gasteiger partial charge in [0, 0.05) is 6.42 Å². The Bertz CT molecular complexity index is 883. The number of methoxy groups -OCH3 is 2. The smallest absolute Gasteiger partial charge is 0.328 e. The first-order valence-corrected chi connectivity index (χ1v) is 9.55. The van der Waals surface area contributed by atoms with E-state index in [9.17, 15) is 24.0 Å². The van der Waals surface area contributed by atoms with E-state index < -0.39 is 35.0 Å². The zero-order valence-corrected chi connectivity index (χ0v) is 17.1. The average Bonchev–Trinajstić information content (AvgIpc) is 3.05. The molecule has 1 saturated heterocycles. The molecule has 3 amide bonds. The number of benzene rings is 1. The molecule has 1 atom stereocenters. The van der Waals surface area contributed by atoms with Crippen LogP contribution in [0.5, 0.6) is 5.75 Å². The lowest BCUT2D eigenvalue weighted by molar-refractivity contribution is -0.146. The summed E-state index contributed by atoms with van der Waals surface area (Å²) in [6.07, 6.45) is 1.48. The number of esters is 2. The van der Waals surface area contributed by atoms with Gasteiger partial charge in [0.1, 0.15) is 11.8 Å². The van der Waals surface area contributed by atoms with Crippen LogP contribution in [0.1, 0.15) is 18.4 Å². The van der Waals surface area contributed by atoms with Crippen LogP contribution >= 0.6 is 11.8 Å². The second-order valence-electron chi connectivity index (χ2n) is 5.97. The molecule has 0 bridgehead atoms. The molecular weight excluding hydrogens is 416 g/mol. The van der Waals surface area contributed by atoms with Gasteiger partial charge in [0.25, 0.3) is 17.1 Å². The maximum atomic E-state index is 12.1. The Hall–Kier alpha value is -3.34. The fourth-order valence-electron chi connectivity index (χ4n) is 2.41. The van der Waals surface area contributed by atoms with Gasteiger partial charge in [0.2, 0.25) is 0 Å². The van der Waals surface area contributed by atoms with Crippen molar-refractivity contribution in [2.24, 2.45) is 0 Å². The van der Waals surface area contributed by atoms with Gasteiger partial charge in [0.15, 0.2) is 6.61 Å².